The van der Waals surface area contributed by atoms with Crippen molar-refractivity contribution in [2.45, 2.75) is 32.2 Å². The highest BCUT2D eigenvalue weighted by molar-refractivity contribution is 5.84. The van der Waals surface area contributed by atoms with Gasteiger partial charge < -0.3 is 10.3 Å². The third-order valence-corrected chi connectivity index (χ3v) is 5.16. The molecular weight excluding hydrogens is 374 g/mol. The zero-order valence-electron chi connectivity index (χ0n) is 16.0. The quantitative estimate of drug-likeness (QED) is 0.473. The molecule has 2 aromatic heterocycles. The number of amides is 1. The molecule has 2 aromatic carbocycles. The monoisotopic (exact) mass is 396 g/mol. The van der Waals surface area contributed by atoms with Gasteiger partial charge in [0.2, 0.25) is 5.91 Å². The molecule has 0 fully saturated rings. The van der Waals surface area contributed by atoms with Gasteiger partial charge in [-0.2, -0.15) is 8.78 Å². The molecular formula is C22H22F2N4O. The smallest absolute Gasteiger partial charge is 0.320 e. The summed E-state index contributed by atoms with van der Waals surface area (Å²) >= 11 is 0. The average Bonchev–Trinajstić information content (AvgIpc) is 3.32. The van der Waals surface area contributed by atoms with Crippen LogP contribution in [0, 0.1) is 0 Å². The van der Waals surface area contributed by atoms with Gasteiger partial charge in [-0.25, -0.2) is 4.98 Å². The number of nitrogens with one attached hydrogen (secondary N) is 2. The second-order valence-corrected chi connectivity index (χ2v) is 7.17. The van der Waals surface area contributed by atoms with E-state index in [2.05, 4.69) is 15.3 Å². The van der Waals surface area contributed by atoms with Gasteiger partial charge in [0.15, 0.2) is 0 Å². The summed E-state index contributed by atoms with van der Waals surface area (Å²) in [5.74, 6) is -0.173. The van der Waals surface area contributed by atoms with Gasteiger partial charge in [0, 0.05) is 36.0 Å². The summed E-state index contributed by atoms with van der Waals surface area (Å²) < 4.78 is 28.1. The standard InChI is InChI=1S/C22H22F2N4O/c1-14(21-27-18-8-4-5-9-19(18)28(21)22(23)24)12-26-20(29)11-10-15-13-25-17-7-3-2-6-16(15)17/h2-9,13-14,22,25H,10-12H2,1H3,(H,26,29). The first-order valence-corrected chi connectivity index (χ1v) is 9.61. The average molecular weight is 396 g/mol. The highest BCUT2D eigenvalue weighted by Crippen LogP contribution is 2.27. The van der Waals surface area contributed by atoms with Gasteiger partial charge in [-0.3, -0.25) is 9.36 Å². The third kappa shape index (κ3) is 3.85. The Morgan fingerprint density at radius 2 is 1.93 bits per heavy atom. The lowest BCUT2D eigenvalue weighted by molar-refractivity contribution is -0.121. The number of H-pyrrole nitrogens is 1. The molecule has 0 saturated heterocycles. The molecule has 4 aromatic rings. The molecule has 5 nitrogen and oxygen atoms in total. The number of aromatic nitrogens is 3. The zero-order chi connectivity index (χ0) is 20.4. The van der Waals surface area contributed by atoms with Crippen LogP contribution in [0.3, 0.4) is 0 Å². The van der Waals surface area contributed by atoms with Crippen LogP contribution in [0.2, 0.25) is 0 Å². The molecule has 0 spiro atoms. The Labute approximate surface area is 166 Å². The summed E-state index contributed by atoms with van der Waals surface area (Å²) in [6.07, 6.45) is 2.87. The number of halogens is 2. The molecule has 1 atom stereocenters. The predicted octanol–water partition coefficient (Wildman–Crippen LogP) is 4.77. The minimum atomic E-state index is -2.68. The molecule has 0 saturated carbocycles. The minimum Gasteiger partial charge on any atom is -0.361 e. The van der Waals surface area contributed by atoms with Gasteiger partial charge in [-0.1, -0.05) is 37.3 Å². The maximum atomic E-state index is 13.6. The lowest BCUT2D eigenvalue weighted by Gasteiger charge is -2.15. The van der Waals surface area contributed by atoms with Crippen LogP contribution in [-0.4, -0.2) is 27.0 Å². The number of carbonyl (C=O) groups is 1. The zero-order valence-corrected chi connectivity index (χ0v) is 16.0. The fourth-order valence-corrected chi connectivity index (χ4v) is 3.65. The van der Waals surface area contributed by atoms with Gasteiger partial charge in [-0.05, 0) is 30.2 Å². The van der Waals surface area contributed by atoms with Crippen molar-refractivity contribution in [2.24, 2.45) is 0 Å². The van der Waals surface area contributed by atoms with E-state index in [0.29, 0.717) is 23.9 Å². The molecule has 0 aliphatic carbocycles. The van der Waals surface area contributed by atoms with Crippen molar-refractivity contribution in [3.8, 4) is 0 Å². The molecule has 29 heavy (non-hydrogen) atoms. The number of aromatic amines is 1. The Balaban J connectivity index is 1.39. The summed E-state index contributed by atoms with van der Waals surface area (Å²) in [7, 11) is 0. The summed E-state index contributed by atoms with van der Waals surface area (Å²) in [6, 6.07) is 14.8. The molecule has 0 radical (unpaired) electrons. The number of para-hydroxylation sites is 3. The number of carbonyl (C=O) groups excluding carboxylic acids is 1. The molecule has 0 aliphatic rings. The topological polar surface area (TPSA) is 62.7 Å². The van der Waals surface area contributed by atoms with Gasteiger partial charge in [0.1, 0.15) is 5.82 Å². The first-order valence-electron chi connectivity index (χ1n) is 9.61. The van der Waals surface area contributed by atoms with Crippen LogP contribution < -0.4 is 5.32 Å². The fourth-order valence-electron chi connectivity index (χ4n) is 3.65. The van der Waals surface area contributed by atoms with E-state index < -0.39 is 6.55 Å². The van der Waals surface area contributed by atoms with Crippen molar-refractivity contribution in [2.75, 3.05) is 6.54 Å². The highest BCUT2D eigenvalue weighted by Gasteiger charge is 2.22. The van der Waals surface area contributed by atoms with Crippen LogP contribution in [0.5, 0.6) is 0 Å². The number of rotatable bonds is 7. The number of alkyl halides is 2. The van der Waals surface area contributed by atoms with E-state index in [9.17, 15) is 13.6 Å². The molecule has 0 aliphatic heterocycles. The highest BCUT2D eigenvalue weighted by atomic mass is 19.3. The molecule has 4 rings (SSSR count). The van der Waals surface area contributed by atoms with Crippen LogP contribution in [-0.2, 0) is 11.2 Å². The molecule has 2 N–H and O–H groups in total. The van der Waals surface area contributed by atoms with Crippen molar-refractivity contribution in [3.63, 3.8) is 0 Å². The lowest BCUT2D eigenvalue weighted by Crippen LogP contribution is -2.28. The van der Waals surface area contributed by atoms with E-state index in [4.69, 9.17) is 0 Å². The van der Waals surface area contributed by atoms with Crippen LogP contribution >= 0.6 is 0 Å². The van der Waals surface area contributed by atoms with Gasteiger partial charge in [-0.15, -0.1) is 0 Å². The first-order chi connectivity index (χ1) is 14.0. The molecule has 1 unspecified atom stereocenters. The Morgan fingerprint density at radius 1 is 1.17 bits per heavy atom. The molecule has 2 heterocycles. The van der Waals surface area contributed by atoms with E-state index in [1.54, 1.807) is 31.2 Å². The van der Waals surface area contributed by atoms with Crippen molar-refractivity contribution in [3.05, 3.63) is 66.1 Å². The largest absolute Gasteiger partial charge is 0.361 e. The van der Waals surface area contributed by atoms with Crippen LogP contribution in [0.1, 0.15) is 37.2 Å². The Kier molecular flexibility index (Phi) is 5.29. The van der Waals surface area contributed by atoms with Crippen LogP contribution in [0.4, 0.5) is 8.78 Å². The van der Waals surface area contributed by atoms with Gasteiger partial charge >= 0.3 is 6.55 Å². The molecule has 0 bridgehead atoms. The minimum absolute atomic E-state index is 0.109. The van der Waals surface area contributed by atoms with E-state index in [1.807, 2.05) is 30.5 Å². The summed E-state index contributed by atoms with van der Waals surface area (Å²) in [5.41, 5.74) is 3.06. The number of aryl methyl sites for hydroxylation is 1. The SMILES string of the molecule is CC(CNC(=O)CCc1c[nH]c2ccccc12)c1nc2ccccc2n1C(F)F. The van der Waals surface area contributed by atoms with Crippen molar-refractivity contribution >= 4 is 27.8 Å². The number of nitrogens with zero attached hydrogens (tertiary/aromatic N) is 2. The van der Waals surface area contributed by atoms with Gasteiger partial charge in [0.05, 0.1) is 11.0 Å². The molecule has 7 heteroatoms. The van der Waals surface area contributed by atoms with Crippen molar-refractivity contribution in [1.82, 2.24) is 19.9 Å². The maximum Gasteiger partial charge on any atom is 0.320 e. The second-order valence-electron chi connectivity index (χ2n) is 7.17. The van der Waals surface area contributed by atoms with E-state index in [-0.39, 0.29) is 24.2 Å². The van der Waals surface area contributed by atoms with Crippen molar-refractivity contribution < 1.29 is 13.6 Å². The number of benzene rings is 2. The Bertz CT molecular complexity index is 1150. The third-order valence-electron chi connectivity index (χ3n) is 5.16. The number of imidazole rings is 1. The summed E-state index contributed by atoms with van der Waals surface area (Å²) in [4.78, 5) is 19.9. The van der Waals surface area contributed by atoms with Crippen LogP contribution in [0.15, 0.2) is 54.7 Å². The fraction of sp³-hybridized carbons (Fsp3) is 0.273. The number of fused-ring (bicyclic) bond motifs is 2. The molecule has 150 valence electrons. The van der Waals surface area contributed by atoms with E-state index in [1.165, 1.54) is 0 Å². The number of hydrogen-bond acceptors (Lipinski definition) is 2. The van der Waals surface area contributed by atoms with E-state index >= 15 is 0 Å². The van der Waals surface area contributed by atoms with Crippen molar-refractivity contribution in [1.29, 1.82) is 0 Å². The first kappa shape index (κ1) is 19.1. The predicted molar refractivity (Wildman–Crippen MR) is 109 cm³/mol. The van der Waals surface area contributed by atoms with Crippen LogP contribution in [0.25, 0.3) is 21.9 Å². The summed E-state index contributed by atoms with van der Waals surface area (Å²) in [6.45, 7) is -0.638. The van der Waals surface area contributed by atoms with E-state index in [0.717, 1.165) is 21.0 Å². The summed E-state index contributed by atoms with van der Waals surface area (Å²) in [5, 5.41) is 3.97. The Hall–Kier alpha value is -3.22. The number of hydrogen-bond donors (Lipinski definition) is 2. The lowest BCUT2D eigenvalue weighted by atomic mass is 10.1. The molecule has 1 amide bonds. The maximum absolute atomic E-state index is 13.6. The normalized spacial score (nSPS) is 12.7. The van der Waals surface area contributed by atoms with Gasteiger partial charge in [0.25, 0.3) is 0 Å². The second kappa shape index (κ2) is 8.03. The Morgan fingerprint density at radius 3 is 2.76 bits per heavy atom.